The van der Waals surface area contributed by atoms with Crippen molar-refractivity contribution in [2.24, 2.45) is 5.92 Å². The average molecular weight is 454 g/mol. The van der Waals surface area contributed by atoms with E-state index in [-0.39, 0.29) is 28.7 Å². The van der Waals surface area contributed by atoms with Gasteiger partial charge in [-0.1, -0.05) is 37.0 Å². The Kier molecular flexibility index (Phi) is 8.16. The molecule has 2 aromatic carbocycles. The third-order valence-corrected chi connectivity index (χ3v) is 4.92. The molecule has 0 unspecified atom stereocenters. The summed E-state index contributed by atoms with van der Waals surface area (Å²) in [4.78, 5) is 35.3. The number of benzene rings is 2. The van der Waals surface area contributed by atoms with E-state index < -0.39 is 28.9 Å². The second kappa shape index (κ2) is 10.4. The molecule has 0 spiro atoms. The first-order valence-corrected chi connectivity index (χ1v) is 9.81. The van der Waals surface area contributed by atoms with Gasteiger partial charge in [0.05, 0.1) is 21.6 Å². The fraction of sp³-hybridized carbons (Fsp3) is 0.300. The summed E-state index contributed by atoms with van der Waals surface area (Å²) in [6.07, 6.45) is -1.07. The fourth-order valence-corrected chi connectivity index (χ4v) is 3.17. The number of aliphatic hydroxyl groups excluding tert-OH is 1. The monoisotopic (exact) mass is 453 g/mol. The molecule has 10 heteroatoms. The van der Waals surface area contributed by atoms with E-state index >= 15 is 0 Å². The maximum atomic E-state index is 12.6. The summed E-state index contributed by atoms with van der Waals surface area (Å²) in [6.45, 7) is 3.40. The van der Waals surface area contributed by atoms with Gasteiger partial charge < -0.3 is 15.7 Å². The zero-order valence-corrected chi connectivity index (χ0v) is 17.8. The van der Waals surface area contributed by atoms with Crippen molar-refractivity contribution in [1.29, 1.82) is 0 Å². The minimum absolute atomic E-state index is 0.0987. The van der Waals surface area contributed by atoms with Gasteiger partial charge in [-0.15, -0.1) is 0 Å². The smallest absolute Gasteiger partial charge is 0.269 e. The lowest BCUT2D eigenvalue weighted by Gasteiger charge is -2.23. The summed E-state index contributed by atoms with van der Waals surface area (Å²) in [5.41, 5.74) is 0.503. The SMILES string of the molecule is CC(C)[C@H](NC(=O)c1ccc(Cl)cc1Cl)C(=O)NC[C@@H](O)c1ccc([N+](=O)[O-])cc1. The van der Waals surface area contributed by atoms with Crippen LogP contribution in [0.5, 0.6) is 0 Å². The van der Waals surface area contributed by atoms with Crippen molar-refractivity contribution >= 4 is 40.7 Å². The topological polar surface area (TPSA) is 122 Å². The van der Waals surface area contributed by atoms with Crippen LogP contribution < -0.4 is 10.6 Å². The van der Waals surface area contributed by atoms with Crippen LogP contribution in [0.25, 0.3) is 0 Å². The minimum Gasteiger partial charge on any atom is -0.387 e. The molecule has 2 rings (SSSR count). The number of nitrogens with one attached hydrogen (secondary N) is 2. The maximum absolute atomic E-state index is 12.6. The Hall–Kier alpha value is -2.68. The Labute approximate surface area is 183 Å². The Morgan fingerprint density at radius 2 is 1.77 bits per heavy atom. The Bertz CT molecular complexity index is 935. The first-order valence-electron chi connectivity index (χ1n) is 9.06. The number of rotatable bonds is 8. The summed E-state index contributed by atoms with van der Waals surface area (Å²) in [5, 5.41) is 26.7. The highest BCUT2D eigenvalue weighted by Gasteiger charge is 2.26. The van der Waals surface area contributed by atoms with Crippen LogP contribution in [0.15, 0.2) is 42.5 Å². The standard InChI is InChI=1S/C20H21Cl2N3O5/c1-11(2)18(24-19(27)15-8-5-13(21)9-16(15)22)20(28)23-10-17(26)12-3-6-14(7-4-12)25(29)30/h3-9,11,17-18,26H,10H2,1-2H3,(H,23,28)(H,24,27)/t17-,18+/m1/s1. The van der Waals surface area contributed by atoms with Gasteiger partial charge in [-0.2, -0.15) is 0 Å². The predicted molar refractivity (Wildman–Crippen MR) is 114 cm³/mol. The molecule has 0 saturated heterocycles. The minimum atomic E-state index is -1.07. The van der Waals surface area contributed by atoms with Crippen LogP contribution in [0.2, 0.25) is 10.0 Å². The van der Waals surface area contributed by atoms with Crippen LogP contribution in [-0.2, 0) is 4.79 Å². The van der Waals surface area contributed by atoms with Gasteiger partial charge in [-0.25, -0.2) is 0 Å². The Morgan fingerprint density at radius 3 is 2.30 bits per heavy atom. The first-order chi connectivity index (χ1) is 14.1. The molecule has 0 radical (unpaired) electrons. The molecule has 0 bridgehead atoms. The molecular formula is C20H21Cl2N3O5. The number of amides is 2. The number of nitro groups is 1. The number of hydrogen-bond donors (Lipinski definition) is 3. The molecule has 3 N–H and O–H groups in total. The quantitative estimate of drug-likeness (QED) is 0.416. The van der Waals surface area contributed by atoms with E-state index in [9.17, 15) is 24.8 Å². The maximum Gasteiger partial charge on any atom is 0.269 e. The molecule has 0 saturated carbocycles. The molecule has 0 aromatic heterocycles. The summed E-state index contributed by atoms with van der Waals surface area (Å²) in [7, 11) is 0. The number of nitrogens with zero attached hydrogens (tertiary/aromatic N) is 1. The van der Waals surface area contributed by atoms with E-state index in [1.165, 1.54) is 42.5 Å². The van der Waals surface area contributed by atoms with Crippen molar-refractivity contribution in [3.05, 3.63) is 73.8 Å². The van der Waals surface area contributed by atoms with Crippen molar-refractivity contribution in [2.75, 3.05) is 6.54 Å². The zero-order valence-electron chi connectivity index (χ0n) is 16.3. The van der Waals surface area contributed by atoms with Crippen LogP contribution in [-0.4, -0.2) is 34.4 Å². The summed E-state index contributed by atoms with van der Waals surface area (Å²) in [5.74, 6) is -1.25. The van der Waals surface area contributed by atoms with Crippen LogP contribution >= 0.6 is 23.2 Å². The molecular weight excluding hydrogens is 433 g/mol. The van der Waals surface area contributed by atoms with Crippen molar-refractivity contribution in [2.45, 2.75) is 26.0 Å². The highest BCUT2D eigenvalue weighted by molar-refractivity contribution is 6.36. The average Bonchev–Trinajstić information content (AvgIpc) is 2.69. The van der Waals surface area contributed by atoms with E-state index in [0.717, 1.165) is 0 Å². The second-order valence-corrected chi connectivity index (χ2v) is 7.77. The van der Waals surface area contributed by atoms with Gasteiger partial charge in [0.15, 0.2) is 0 Å². The van der Waals surface area contributed by atoms with Gasteiger partial charge in [-0.05, 0) is 41.8 Å². The predicted octanol–water partition coefficient (Wildman–Crippen LogP) is 3.51. The highest BCUT2D eigenvalue weighted by Crippen LogP contribution is 2.21. The highest BCUT2D eigenvalue weighted by atomic mass is 35.5. The van der Waals surface area contributed by atoms with Gasteiger partial charge in [0.2, 0.25) is 5.91 Å². The van der Waals surface area contributed by atoms with Gasteiger partial charge in [0.25, 0.3) is 11.6 Å². The molecule has 160 valence electrons. The van der Waals surface area contributed by atoms with Crippen molar-refractivity contribution in [3.63, 3.8) is 0 Å². The fourth-order valence-electron chi connectivity index (χ4n) is 2.67. The summed E-state index contributed by atoms with van der Waals surface area (Å²) in [6, 6.07) is 8.93. The van der Waals surface area contributed by atoms with Gasteiger partial charge in [0.1, 0.15) is 6.04 Å². The molecule has 30 heavy (non-hydrogen) atoms. The van der Waals surface area contributed by atoms with Crippen LogP contribution in [0.4, 0.5) is 5.69 Å². The van der Waals surface area contributed by atoms with E-state index in [2.05, 4.69) is 10.6 Å². The molecule has 8 nitrogen and oxygen atoms in total. The van der Waals surface area contributed by atoms with Crippen LogP contribution in [0.1, 0.15) is 35.9 Å². The normalized spacial score (nSPS) is 12.9. The number of aliphatic hydroxyl groups is 1. The third kappa shape index (κ3) is 6.16. The molecule has 2 aromatic rings. The zero-order chi connectivity index (χ0) is 22.4. The number of carbonyl (C=O) groups excluding carboxylic acids is 2. The first kappa shape index (κ1) is 23.6. The summed E-state index contributed by atoms with van der Waals surface area (Å²) < 4.78 is 0. The molecule has 0 fully saturated rings. The van der Waals surface area contributed by atoms with Gasteiger partial charge in [0, 0.05) is 23.7 Å². The Balaban J connectivity index is 2.01. The van der Waals surface area contributed by atoms with Crippen molar-refractivity contribution in [1.82, 2.24) is 10.6 Å². The lowest BCUT2D eigenvalue weighted by Crippen LogP contribution is -2.50. The second-order valence-electron chi connectivity index (χ2n) is 6.93. The number of carbonyl (C=O) groups is 2. The van der Waals surface area contributed by atoms with Crippen molar-refractivity contribution in [3.8, 4) is 0 Å². The van der Waals surface area contributed by atoms with Gasteiger partial charge in [-0.3, -0.25) is 19.7 Å². The molecule has 2 atom stereocenters. The number of halogens is 2. The third-order valence-electron chi connectivity index (χ3n) is 4.37. The van der Waals surface area contributed by atoms with Gasteiger partial charge >= 0.3 is 0 Å². The molecule has 0 heterocycles. The lowest BCUT2D eigenvalue weighted by atomic mass is 10.0. The van der Waals surface area contributed by atoms with Crippen molar-refractivity contribution < 1.29 is 19.6 Å². The number of non-ortho nitro benzene ring substituents is 1. The largest absolute Gasteiger partial charge is 0.387 e. The van der Waals surface area contributed by atoms with E-state index in [0.29, 0.717) is 10.6 Å². The Morgan fingerprint density at radius 1 is 1.13 bits per heavy atom. The number of hydrogen-bond acceptors (Lipinski definition) is 5. The van der Waals surface area contributed by atoms with E-state index in [1.54, 1.807) is 13.8 Å². The molecule has 2 amide bonds. The molecule has 0 aliphatic carbocycles. The van der Waals surface area contributed by atoms with E-state index in [1.807, 2.05) is 0 Å². The van der Waals surface area contributed by atoms with E-state index in [4.69, 9.17) is 23.2 Å². The molecule has 0 aliphatic rings. The number of nitro benzene ring substituents is 1. The van der Waals surface area contributed by atoms with Crippen LogP contribution in [0.3, 0.4) is 0 Å². The summed E-state index contributed by atoms with van der Waals surface area (Å²) >= 11 is 11.9. The lowest BCUT2D eigenvalue weighted by molar-refractivity contribution is -0.384. The van der Waals surface area contributed by atoms with Crippen LogP contribution in [0, 0.1) is 16.0 Å². The molecule has 0 aliphatic heterocycles.